The molecule has 0 radical (unpaired) electrons. The van der Waals surface area contributed by atoms with Crippen molar-refractivity contribution in [2.75, 3.05) is 6.54 Å². The topological polar surface area (TPSA) is 12.0 Å². The number of hydrogen-bond acceptors (Lipinski definition) is 2. The summed E-state index contributed by atoms with van der Waals surface area (Å²) in [7, 11) is 0. The Bertz CT molecular complexity index is 104. The van der Waals surface area contributed by atoms with Crippen LogP contribution in [0.5, 0.6) is 0 Å². The third-order valence-corrected chi connectivity index (χ3v) is 3.05. The first-order valence-electron chi connectivity index (χ1n) is 4.95. The maximum absolute atomic E-state index is 3.52. The van der Waals surface area contributed by atoms with Gasteiger partial charge in [0, 0.05) is 17.8 Å². The van der Waals surface area contributed by atoms with Crippen LogP contribution >= 0.6 is 11.8 Å². The molecule has 0 aliphatic rings. The lowest BCUT2D eigenvalue weighted by molar-refractivity contribution is 0.536. The predicted octanol–water partition coefficient (Wildman–Crippen LogP) is 2.90. The van der Waals surface area contributed by atoms with Gasteiger partial charge in [-0.3, -0.25) is 0 Å². The Hall–Kier alpha value is 0.310. The van der Waals surface area contributed by atoms with Gasteiger partial charge in [-0.2, -0.15) is 11.8 Å². The van der Waals surface area contributed by atoms with Gasteiger partial charge in [-0.15, -0.1) is 0 Å². The van der Waals surface area contributed by atoms with Crippen molar-refractivity contribution in [3.63, 3.8) is 0 Å². The highest BCUT2D eigenvalue weighted by Gasteiger charge is 2.06. The van der Waals surface area contributed by atoms with Gasteiger partial charge in [-0.25, -0.2) is 0 Å². The van der Waals surface area contributed by atoms with Crippen LogP contribution in [0.4, 0.5) is 0 Å². The first-order chi connectivity index (χ1) is 5.56. The molecule has 0 aliphatic carbocycles. The highest BCUT2D eigenvalue weighted by molar-refractivity contribution is 8.00. The molecule has 0 aliphatic heterocycles. The smallest absolute Gasteiger partial charge is 0.0146 e. The van der Waals surface area contributed by atoms with Crippen LogP contribution in [0.3, 0.4) is 0 Å². The van der Waals surface area contributed by atoms with Crippen molar-refractivity contribution in [1.29, 1.82) is 0 Å². The van der Waals surface area contributed by atoms with E-state index in [9.17, 15) is 0 Å². The zero-order valence-corrected chi connectivity index (χ0v) is 9.87. The van der Waals surface area contributed by atoms with E-state index in [-0.39, 0.29) is 0 Å². The average molecular weight is 189 g/mol. The van der Waals surface area contributed by atoms with Gasteiger partial charge in [0.2, 0.25) is 0 Å². The maximum Gasteiger partial charge on any atom is 0.0146 e. The highest BCUT2D eigenvalue weighted by atomic mass is 32.2. The molecule has 0 bridgehead atoms. The van der Waals surface area contributed by atoms with Gasteiger partial charge in [-0.05, 0) is 18.6 Å². The zero-order chi connectivity index (χ0) is 9.56. The Morgan fingerprint density at radius 3 is 2.17 bits per heavy atom. The summed E-state index contributed by atoms with van der Waals surface area (Å²) < 4.78 is 0. The molecular weight excluding hydrogens is 166 g/mol. The van der Waals surface area contributed by atoms with Crippen molar-refractivity contribution >= 4 is 11.8 Å². The fourth-order valence-corrected chi connectivity index (χ4v) is 2.15. The van der Waals surface area contributed by atoms with Crippen molar-refractivity contribution in [1.82, 2.24) is 5.32 Å². The molecule has 2 atom stereocenters. The summed E-state index contributed by atoms with van der Waals surface area (Å²) in [6, 6.07) is 0.667. The largest absolute Gasteiger partial charge is 0.313 e. The van der Waals surface area contributed by atoms with E-state index in [1.54, 1.807) is 0 Å². The zero-order valence-electron chi connectivity index (χ0n) is 9.05. The van der Waals surface area contributed by atoms with Gasteiger partial charge in [0.25, 0.3) is 0 Å². The van der Waals surface area contributed by atoms with E-state index in [2.05, 4.69) is 39.9 Å². The van der Waals surface area contributed by atoms with Crippen molar-refractivity contribution < 1.29 is 0 Å². The Balaban J connectivity index is 3.36. The number of rotatable bonds is 6. The molecule has 1 N–H and O–H groups in total. The van der Waals surface area contributed by atoms with Crippen LogP contribution in [0.2, 0.25) is 0 Å². The van der Waals surface area contributed by atoms with Crippen LogP contribution in [-0.4, -0.2) is 23.1 Å². The minimum Gasteiger partial charge on any atom is -0.313 e. The van der Waals surface area contributed by atoms with E-state index in [0.717, 1.165) is 17.0 Å². The van der Waals surface area contributed by atoms with Crippen LogP contribution in [0, 0.1) is 0 Å². The van der Waals surface area contributed by atoms with E-state index in [4.69, 9.17) is 0 Å². The lowest BCUT2D eigenvalue weighted by Gasteiger charge is -2.17. The molecule has 0 amide bonds. The molecule has 0 fully saturated rings. The standard InChI is InChI=1S/C10H23NS/c1-6-9(4)11-7-10(5)12-8(2)3/h8-11H,6-7H2,1-5H3. The Morgan fingerprint density at radius 1 is 1.17 bits per heavy atom. The fourth-order valence-electron chi connectivity index (χ4n) is 1.02. The average Bonchev–Trinajstić information content (AvgIpc) is 1.99. The van der Waals surface area contributed by atoms with Crippen LogP contribution in [-0.2, 0) is 0 Å². The summed E-state index contributed by atoms with van der Waals surface area (Å²) in [5, 5.41) is 5.00. The third kappa shape index (κ3) is 6.99. The molecule has 0 aromatic rings. The number of thioether (sulfide) groups is 1. The molecule has 0 heterocycles. The normalized spacial score (nSPS) is 16.5. The summed E-state index contributed by atoms with van der Waals surface area (Å²) in [6.07, 6.45) is 1.22. The van der Waals surface area contributed by atoms with E-state index >= 15 is 0 Å². The van der Waals surface area contributed by atoms with Gasteiger partial charge in [-0.1, -0.05) is 27.7 Å². The molecule has 74 valence electrons. The van der Waals surface area contributed by atoms with Gasteiger partial charge in [0.05, 0.1) is 0 Å². The lowest BCUT2D eigenvalue weighted by atomic mass is 10.2. The first-order valence-corrected chi connectivity index (χ1v) is 5.89. The van der Waals surface area contributed by atoms with E-state index < -0.39 is 0 Å². The second-order valence-corrected chi connectivity index (χ2v) is 5.73. The monoisotopic (exact) mass is 189 g/mol. The number of hydrogen-bond donors (Lipinski definition) is 1. The van der Waals surface area contributed by atoms with Crippen LogP contribution in [0.1, 0.15) is 41.0 Å². The molecular formula is C10H23NS. The van der Waals surface area contributed by atoms with Crippen molar-refractivity contribution in [2.45, 2.75) is 57.6 Å². The summed E-state index contributed by atoms with van der Waals surface area (Å²) in [6.45, 7) is 12.4. The van der Waals surface area contributed by atoms with Gasteiger partial charge in [0.1, 0.15) is 0 Å². The highest BCUT2D eigenvalue weighted by Crippen LogP contribution is 2.15. The lowest BCUT2D eigenvalue weighted by Crippen LogP contribution is -2.31. The molecule has 0 saturated heterocycles. The Morgan fingerprint density at radius 2 is 1.75 bits per heavy atom. The van der Waals surface area contributed by atoms with E-state index in [1.165, 1.54) is 6.42 Å². The summed E-state index contributed by atoms with van der Waals surface area (Å²) >= 11 is 2.04. The molecule has 2 heteroatoms. The molecule has 0 rings (SSSR count). The van der Waals surface area contributed by atoms with E-state index in [0.29, 0.717) is 6.04 Å². The molecule has 0 aromatic heterocycles. The van der Waals surface area contributed by atoms with Crippen molar-refractivity contribution in [3.8, 4) is 0 Å². The number of nitrogens with one attached hydrogen (secondary N) is 1. The predicted molar refractivity (Wildman–Crippen MR) is 59.9 cm³/mol. The minimum absolute atomic E-state index is 0.667. The van der Waals surface area contributed by atoms with Crippen molar-refractivity contribution in [3.05, 3.63) is 0 Å². The van der Waals surface area contributed by atoms with Crippen LogP contribution < -0.4 is 5.32 Å². The molecule has 0 aromatic carbocycles. The van der Waals surface area contributed by atoms with E-state index in [1.807, 2.05) is 11.8 Å². The van der Waals surface area contributed by atoms with Gasteiger partial charge < -0.3 is 5.32 Å². The third-order valence-electron chi connectivity index (χ3n) is 1.87. The summed E-state index contributed by atoms with van der Waals surface area (Å²) in [5.74, 6) is 0. The Kier molecular flexibility index (Phi) is 6.96. The van der Waals surface area contributed by atoms with Gasteiger partial charge >= 0.3 is 0 Å². The molecule has 0 spiro atoms. The molecule has 2 unspecified atom stereocenters. The molecule has 1 nitrogen and oxygen atoms in total. The van der Waals surface area contributed by atoms with Crippen LogP contribution in [0.25, 0.3) is 0 Å². The summed E-state index contributed by atoms with van der Waals surface area (Å²) in [5.41, 5.74) is 0. The SMILES string of the molecule is CCC(C)NCC(C)SC(C)C. The second kappa shape index (κ2) is 6.79. The van der Waals surface area contributed by atoms with Crippen molar-refractivity contribution in [2.24, 2.45) is 0 Å². The second-order valence-electron chi connectivity index (χ2n) is 3.71. The van der Waals surface area contributed by atoms with Gasteiger partial charge in [0.15, 0.2) is 0 Å². The Labute approximate surface area is 81.7 Å². The minimum atomic E-state index is 0.667. The fraction of sp³-hybridized carbons (Fsp3) is 1.00. The van der Waals surface area contributed by atoms with Crippen LogP contribution in [0.15, 0.2) is 0 Å². The molecule has 12 heavy (non-hydrogen) atoms. The summed E-state index contributed by atoms with van der Waals surface area (Å²) in [4.78, 5) is 0. The first kappa shape index (κ1) is 12.3. The maximum atomic E-state index is 3.52. The molecule has 0 saturated carbocycles. The quantitative estimate of drug-likeness (QED) is 0.689.